The van der Waals surface area contributed by atoms with Crippen LogP contribution >= 0.6 is 0 Å². The maximum absolute atomic E-state index is 13.0. The topological polar surface area (TPSA) is 54.5 Å². The summed E-state index contributed by atoms with van der Waals surface area (Å²) < 4.78 is 26.8. The Bertz CT molecular complexity index is 753. The molecule has 23 heavy (non-hydrogen) atoms. The summed E-state index contributed by atoms with van der Waals surface area (Å²) in [4.78, 5) is 12.7. The van der Waals surface area contributed by atoms with Gasteiger partial charge in [-0.3, -0.25) is 4.79 Å². The molecule has 5 heteroatoms. The zero-order valence-corrected chi connectivity index (χ0v) is 14.2. The van der Waals surface area contributed by atoms with Crippen molar-refractivity contribution in [2.45, 2.75) is 38.0 Å². The molecular weight excluding hydrogens is 310 g/mol. The lowest BCUT2D eigenvalue weighted by Gasteiger charge is -2.22. The molecule has 4 nitrogen and oxygen atoms in total. The number of hydrogen-bond acceptors (Lipinski definition) is 3. The Labute approximate surface area is 137 Å². The molecule has 0 unspecified atom stereocenters. The third-order valence-corrected chi connectivity index (χ3v) is 5.28. The van der Waals surface area contributed by atoms with Crippen LogP contribution < -0.4 is 4.31 Å². The minimum Gasteiger partial charge on any atom is -0.273 e. The monoisotopic (exact) mass is 331 g/mol. The van der Waals surface area contributed by atoms with Gasteiger partial charge in [0.25, 0.3) is 10.0 Å². The summed E-state index contributed by atoms with van der Waals surface area (Å²) in [5.74, 6) is -0.404. The number of para-hydroxylation sites is 1. The molecule has 0 aliphatic carbocycles. The van der Waals surface area contributed by atoms with E-state index >= 15 is 0 Å². The van der Waals surface area contributed by atoms with Gasteiger partial charge < -0.3 is 0 Å². The lowest BCUT2D eigenvalue weighted by molar-refractivity contribution is -0.117. The van der Waals surface area contributed by atoms with E-state index in [2.05, 4.69) is 0 Å². The minimum absolute atomic E-state index is 0.122. The smallest absolute Gasteiger partial charge is 0.270 e. The molecular formula is C18H21NO3S. The first kappa shape index (κ1) is 17.2. The lowest BCUT2D eigenvalue weighted by atomic mass is 10.2. The van der Waals surface area contributed by atoms with Crippen LogP contribution in [0, 0.1) is 6.92 Å². The summed E-state index contributed by atoms with van der Waals surface area (Å²) in [6.45, 7) is 3.85. The summed E-state index contributed by atoms with van der Waals surface area (Å²) in [6.07, 6.45) is 1.70. The van der Waals surface area contributed by atoms with E-state index in [0.717, 1.165) is 16.3 Å². The van der Waals surface area contributed by atoms with Gasteiger partial charge in [-0.2, -0.15) is 0 Å². The molecule has 0 fully saturated rings. The van der Waals surface area contributed by atoms with Crippen LogP contribution in [0.1, 0.15) is 31.7 Å². The maximum atomic E-state index is 13.0. The Balaban J connectivity index is 2.48. The predicted octanol–water partition coefficient (Wildman–Crippen LogP) is 3.91. The standard InChI is InChI=1S/C18H21NO3S/c1-3-4-10-18(20)19(16-8-6-5-7-9-16)23(21,22)17-13-11-15(2)12-14-17/h5-9,11-14H,3-4,10H2,1-2H3. The van der Waals surface area contributed by atoms with E-state index in [0.29, 0.717) is 12.1 Å². The number of nitrogens with zero attached hydrogens (tertiary/aromatic N) is 1. The van der Waals surface area contributed by atoms with E-state index in [1.54, 1.807) is 42.5 Å². The number of carbonyl (C=O) groups excluding carboxylic acids is 1. The fourth-order valence-corrected chi connectivity index (χ4v) is 3.67. The molecule has 0 saturated carbocycles. The number of sulfonamides is 1. The Kier molecular flexibility index (Phi) is 5.55. The van der Waals surface area contributed by atoms with Crippen molar-refractivity contribution in [3.63, 3.8) is 0 Å². The van der Waals surface area contributed by atoms with Crippen molar-refractivity contribution in [1.82, 2.24) is 0 Å². The predicted molar refractivity (Wildman–Crippen MR) is 91.8 cm³/mol. The molecule has 0 aromatic heterocycles. The quantitative estimate of drug-likeness (QED) is 0.806. The Morgan fingerprint density at radius 2 is 1.61 bits per heavy atom. The number of hydrogen-bond donors (Lipinski definition) is 0. The summed E-state index contributed by atoms with van der Waals surface area (Å²) in [7, 11) is -3.92. The van der Waals surface area contributed by atoms with Gasteiger partial charge in [0.15, 0.2) is 0 Å². The second-order valence-corrected chi connectivity index (χ2v) is 7.20. The zero-order valence-electron chi connectivity index (χ0n) is 13.4. The number of aryl methyl sites for hydroxylation is 1. The number of benzene rings is 2. The van der Waals surface area contributed by atoms with E-state index in [-0.39, 0.29) is 11.3 Å². The summed E-state index contributed by atoms with van der Waals surface area (Å²) in [6, 6.07) is 15.0. The number of unbranched alkanes of at least 4 members (excludes halogenated alkanes) is 1. The Hall–Kier alpha value is -2.14. The first-order valence-electron chi connectivity index (χ1n) is 7.66. The highest BCUT2D eigenvalue weighted by atomic mass is 32.2. The van der Waals surface area contributed by atoms with Gasteiger partial charge in [0.05, 0.1) is 10.6 Å². The third-order valence-electron chi connectivity index (χ3n) is 3.52. The van der Waals surface area contributed by atoms with Crippen molar-refractivity contribution in [3.05, 3.63) is 60.2 Å². The fraction of sp³-hybridized carbons (Fsp3) is 0.278. The molecule has 2 aromatic carbocycles. The summed E-state index contributed by atoms with van der Waals surface area (Å²) in [5, 5.41) is 0. The summed E-state index contributed by atoms with van der Waals surface area (Å²) in [5.41, 5.74) is 1.33. The van der Waals surface area contributed by atoms with E-state index in [4.69, 9.17) is 0 Å². The van der Waals surface area contributed by atoms with Gasteiger partial charge in [-0.25, -0.2) is 12.7 Å². The molecule has 0 N–H and O–H groups in total. The van der Waals surface area contributed by atoms with Gasteiger partial charge in [0, 0.05) is 6.42 Å². The zero-order chi connectivity index (χ0) is 16.9. The van der Waals surface area contributed by atoms with Crippen LogP contribution in [0.2, 0.25) is 0 Å². The molecule has 0 heterocycles. The minimum atomic E-state index is -3.92. The average Bonchev–Trinajstić information content (AvgIpc) is 2.54. The second-order valence-electron chi connectivity index (χ2n) is 5.42. The van der Waals surface area contributed by atoms with Crippen LogP contribution in [0.3, 0.4) is 0 Å². The van der Waals surface area contributed by atoms with Crippen molar-refractivity contribution in [1.29, 1.82) is 0 Å². The molecule has 0 aliphatic rings. The average molecular weight is 331 g/mol. The van der Waals surface area contributed by atoms with Crippen LogP contribution in [-0.4, -0.2) is 14.3 Å². The molecule has 0 aliphatic heterocycles. The molecule has 0 spiro atoms. The molecule has 0 bridgehead atoms. The van der Waals surface area contributed by atoms with Crippen LogP contribution in [0.25, 0.3) is 0 Å². The Morgan fingerprint density at radius 3 is 2.17 bits per heavy atom. The lowest BCUT2D eigenvalue weighted by Crippen LogP contribution is -2.36. The van der Waals surface area contributed by atoms with E-state index in [1.165, 1.54) is 12.1 Å². The molecule has 122 valence electrons. The van der Waals surface area contributed by atoms with Crippen LogP contribution in [0.15, 0.2) is 59.5 Å². The second kappa shape index (κ2) is 7.42. The van der Waals surface area contributed by atoms with Crippen LogP contribution in [0.4, 0.5) is 5.69 Å². The largest absolute Gasteiger partial charge is 0.273 e. The molecule has 0 atom stereocenters. The van der Waals surface area contributed by atoms with Gasteiger partial charge >= 0.3 is 0 Å². The van der Waals surface area contributed by atoms with E-state index in [9.17, 15) is 13.2 Å². The van der Waals surface area contributed by atoms with Crippen molar-refractivity contribution in [2.75, 3.05) is 4.31 Å². The normalized spacial score (nSPS) is 11.2. The highest BCUT2D eigenvalue weighted by Gasteiger charge is 2.30. The maximum Gasteiger partial charge on any atom is 0.270 e. The van der Waals surface area contributed by atoms with Gasteiger partial charge in [-0.1, -0.05) is 49.2 Å². The molecule has 2 aromatic rings. The van der Waals surface area contributed by atoms with Crippen molar-refractivity contribution in [2.24, 2.45) is 0 Å². The first-order valence-corrected chi connectivity index (χ1v) is 9.10. The number of carbonyl (C=O) groups is 1. The summed E-state index contributed by atoms with van der Waals surface area (Å²) >= 11 is 0. The number of amides is 1. The number of anilines is 1. The molecule has 0 radical (unpaired) electrons. The highest BCUT2D eigenvalue weighted by Crippen LogP contribution is 2.25. The molecule has 0 saturated heterocycles. The van der Waals surface area contributed by atoms with E-state index in [1.807, 2.05) is 13.8 Å². The van der Waals surface area contributed by atoms with Crippen molar-refractivity contribution < 1.29 is 13.2 Å². The van der Waals surface area contributed by atoms with Crippen molar-refractivity contribution in [3.8, 4) is 0 Å². The molecule has 1 amide bonds. The number of rotatable bonds is 6. The van der Waals surface area contributed by atoms with Gasteiger partial charge in [0.2, 0.25) is 5.91 Å². The highest BCUT2D eigenvalue weighted by molar-refractivity contribution is 7.93. The fourth-order valence-electron chi connectivity index (χ4n) is 2.23. The van der Waals surface area contributed by atoms with Gasteiger partial charge in [-0.15, -0.1) is 0 Å². The third kappa shape index (κ3) is 3.99. The SMILES string of the molecule is CCCCC(=O)N(c1ccccc1)S(=O)(=O)c1ccc(C)cc1. The molecule has 2 rings (SSSR count). The van der Waals surface area contributed by atoms with Gasteiger partial charge in [0.1, 0.15) is 0 Å². The first-order chi connectivity index (χ1) is 11.0. The Morgan fingerprint density at radius 1 is 1.00 bits per heavy atom. The van der Waals surface area contributed by atoms with Gasteiger partial charge in [-0.05, 0) is 37.6 Å². The van der Waals surface area contributed by atoms with Crippen LogP contribution in [-0.2, 0) is 14.8 Å². The van der Waals surface area contributed by atoms with E-state index < -0.39 is 15.9 Å². The van der Waals surface area contributed by atoms with Crippen molar-refractivity contribution >= 4 is 21.6 Å². The van der Waals surface area contributed by atoms with Crippen LogP contribution in [0.5, 0.6) is 0 Å².